The molecule has 0 saturated heterocycles. The third-order valence-electron chi connectivity index (χ3n) is 2.76. The van der Waals surface area contributed by atoms with Gasteiger partial charge in [-0.15, -0.1) is 5.10 Å². The Labute approximate surface area is 123 Å². The minimum atomic E-state index is -0.448. The molecule has 0 radical (unpaired) electrons. The summed E-state index contributed by atoms with van der Waals surface area (Å²) >= 11 is 3.32. The van der Waals surface area contributed by atoms with Crippen LogP contribution in [0.1, 0.15) is 25.7 Å². The van der Waals surface area contributed by atoms with Gasteiger partial charge < -0.3 is 5.32 Å². The topological polar surface area (TPSA) is 98.8 Å². The minimum Gasteiger partial charge on any atom is -0.308 e. The van der Waals surface area contributed by atoms with Crippen molar-refractivity contribution in [2.45, 2.75) is 19.9 Å². The van der Waals surface area contributed by atoms with Crippen LogP contribution < -0.4 is 5.32 Å². The molecule has 20 heavy (non-hydrogen) atoms. The average Bonchev–Trinajstić information content (AvgIpc) is 2.87. The molecule has 2 aromatic rings. The Morgan fingerprint density at radius 1 is 1.55 bits per heavy atom. The van der Waals surface area contributed by atoms with E-state index in [9.17, 15) is 10.1 Å². The van der Waals surface area contributed by atoms with Crippen LogP contribution in [0.15, 0.2) is 22.7 Å². The Hall–Kier alpha value is -1.87. The summed E-state index contributed by atoms with van der Waals surface area (Å²) in [6.45, 7) is 4.73. The monoisotopic (exact) mass is 340 g/mol. The normalized spacial score (nSPS) is 12.3. The molecule has 0 amide bonds. The number of rotatable bonds is 5. The highest BCUT2D eigenvalue weighted by molar-refractivity contribution is 9.10. The summed E-state index contributed by atoms with van der Waals surface area (Å²) in [6, 6.07) is 4.43. The zero-order chi connectivity index (χ0) is 14.7. The van der Waals surface area contributed by atoms with Gasteiger partial charge in [0.1, 0.15) is 0 Å². The van der Waals surface area contributed by atoms with Crippen molar-refractivity contribution < 1.29 is 4.92 Å². The fourth-order valence-corrected chi connectivity index (χ4v) is 2.35. The quantitative estimate of drug-likeness (QED) is 0.660. The van der Waals surface area contributed by atoms with Crippen LogP contribution in [-0.4, -0.2) is 31.7 Å². The molecule has 106 valence electrons. The number of tetrazole rings is 1. The molecular weight excluding hydrogens is 328 g/mol. The zero-order valence-electron chi connectivity index (χ0n) is 10.9. The summed E-state index contributed by atoms with van der Waals surface area (Å²) in [5.74, 6) is 0.640. The second kappa shape index (κ2) is 6.06. The van der Waals surface area contributed by atoms with E-state index in [0.717, 1.165) is 6.54 Å². The number of hydrogen-bond acceptors (Lipinski definition) is 6. The Morgan fingerprint density at radius 2 is 2.30 bits per heavy atom. The van der Waals surface area contributed by atoms with Gasteiger partial charge in [0, 0.05) is 12.1 Å². The summed E-state index contributed by atoms with van der Waals surface area (Å²) in [7, 11) is 0. The molecule has 0 bridgehead atoms. The van der Waals surface area contributed by atoms with Crippen molar-refractivity contribution in [2.75, 3.05) is 6.54 Å². The van der Waals surface area contributed by atoms with Crippen LogP contribution in [0.2, 0.25) is 0 Å². The van der Waals surface area contributed by atoms with Crippen LogP contribution in [0, 0.1) is 10.1 Å². The third kappa shape index (κ3) is 2.83. The van der Waals surface area contributed by atoms with Gasteiger partial charge in [0.15, 0.2) is 5.82 Å². The van der Waals surface area contributed by atoms with Crippen molar-refractivity contribution in [3.63, 3.8) is 0 Å². The number of halogens is 1. The molecule has 1 unspecified atom stereocenters. The first kappa shape index (κ1) is 14.5. The number of non-ortho nitro benzene ring substituents is 1. The van der Waals surface area contributed by atoms with Crippen molar-refractivity contribution >= 4 is 21.6 Å². The summed E-state index contributed by atoms with van der Waals surface area (Å²) in [4.78, 5) is 10.3. The highest BCUT2D eigenvalue weighted by Gasteiger charge is 2.18. The molecule has 0 spiro atoms. The molecule has 0 saturated carbocycles. The molecule has 0 aliphatic rings. The van der Waals surface area contributed by atoms with E-state index in [1.807, 2.05) is 13.8 Å². The fourth-order valence-electron chi connectivity index (χ4n) is 1.81. The van der Waals surface area contributed by atoms with Crippen molar-refractivity contribution in [1.29, 1.82) is 0 Å². The van der Waals surface area contributed by atoms with Crippen LogP contribution in [-0.2, 0) is 0 Å². The first-order valence-corrected chi connectivity index (χ1v) is 6.79. The van der Waals surface area contributed by atoms with Crippen molar-refractivity contribution in [3.05, 3.63) is 38.6 Å². The van der Waals surface area contributed by atoms with E-state index in [4.69, 9.17) is 0 Å². The maximum atomic E-state index is 10.7. The number of hydrogen-bond donors (Lipinski definition) is 1. The van der Waals surface area contributed by atoms with Crippen molar-refractivity contribution in [3.8, 4) is 5.69 Å². The molecule has 8 nitrogen and oxygen atoms in total. The molecule has 1 atom stereocenters. The molecule has 0 fully saturated rings. The van der Waals surface area contributed by atoms with Crippen LogP contribution in [0.3, 0.4) is 0 Å². The highest BCUT2D eigenvalue weighted by Crippen LogP contribution is 2.26. The Balaban J connectivity index is 2.42. The van der Waals surface area contributed by atoms with E-state index in [1.165, 1.54) is 12.1 Å². The van der Waals surface area contributed by atoms with Gasteiger partial charge in [0.2, 0.25) is 0 Å². The summed E-state index contributed by atoms with van der Waals surface area (Å²) in [6.07, 6.45) is 0. The third-order valence-corrected chi connectivity index (χ3v) is 3.40. The molecule has 2 rings (SSSR count). The van der Waals surface area contributed by atoms with E-state index < -0.39 is 4.92 Å². The molecule has 0 aliphatic carbocycles. The lowest BCUT2D eigenvalue weighted by Crippen LogP contribution is -2.21. The molecule has 1 aromatic carbocycles. The minimum absolute atomic E-state index is 0.00924. The Kier molecular flexibility index (Phi) is 4.40. The molecule has 1 heterocycles. The number of benzene rings is 1. The van der Waals surface area contributed by atoms with E-state index >= 15 is 0 Å². The second-order valence-electron chi connectivity index (χ2n) is 4.12. The van der Waals surface area contributed by atoms with E-state index in [1.54, 1.807) is 10.7 Å². The van der Waals surface area contributed by atoms with Gasteiger partial charge in [0.25, 0.3) is 5.69 Å². The van der Waals surface area contributed by atoms with Gasteiger partial charge in [-0.3, -0.25) is 10.1 Å². The zero-order valence-corrected chi connectivity index (χ0v) is 12.5. The van der Waals surface area contributed by atoms with Gasteiger partial charge in [-0.25, -0.2) is 0 Å². The Morgan fingerprint density at radius 3 is 2.90 bits per heavy atom. The summed E-state index contributed by atoms with van der Waals surface area (Å²) in [5, 5.41) is 25.6. The summed E-state index contributed by atoms with van der Waals surface area (Å²) < 4.78 is 2.12. The van der Waals surface area contributed by atoms with E-state index in [-0.39, 0.29) is 11.7 Å². The Bertz CT molecular complexity index is 629. The van der Waals surface area contributed by atoms with E-state index in [0.29, 0.717) is 16.0 Å². The first-order valence-electron chi connectivity index (χ1n) is 6.00. The van der Waals surface area contributed by atoms with Crippen LogP contribution in [0.4, 0.5) is 5.69 Å². The number of aromatic nitrogens is 4. The molecule has 1 N–H and O–H groups in total. The lowest BCUT2D eigenvalue weighted by molar-refractivity contribution is -0.384. The lowest BCUT2D eigenvalue weighted by Gasteiger charge is -2.12. The van der Waals surface area contributed by atoms with Gasteiger partial charge in [-0.05, 0) is 45.9 Å². The number of nitrogens with one attached hydrogen (secondary N) is 1. The summed E-state index contributed by atoms with van der Waals surface area (Å²) in [5.41, 5.74) is 0.662. The molecule has 1 aromatic heterocycles. The number of nitrogens with zero attached hydrogens (tertiary/aromatic N) is 5. The van der Waals surface area contributed by atoms with Crippen molar-refractivity contribution in [2.24, 2.45) is 0 Å². The SMILES string of the molecule is CCNC(C)c1nnnn1-c1ccc([N+](=O)[O-])cc1Br. The van der Waals surface area contributed by atoms with Crippen LogP contribution in [0.5, 0.6) is 0 Å². The maximum absolute atomic E-state index is 10.7. The number of nitro benzene ring substituents is 1. The number of nitro groups is 1. The van der Waals surface area contributed by atoms with Gasteiger partial charge >= 0.3 is 0 Å². The molecular formula is C11H13BrN6O2. The lowest BCUT2D eigenvalue weighted by atomic mass is 10.2. The van der Waals surface area contributed by atoms with Gasteiger partial charge in [-0.2, -0.15) is 4.68 Å². The van der Waals surface area contributed by atoms with Crippen LogP contribution in [0.25, 0.3) is 5.69 Å². The fraction of sp³-hybridized carbons (Fsp3) is 0.364. The average molecular weight is 341 g/mol. The molecule has 0 aliphatic heterocycles. The molecule has 9 heteroatoms. The maximum Gasteiger partial charge on any atom is 0.270 e. The predicted octanol–water partition coefficient (Wildman–Crippen LogP) is 2.00. The van der Waals surface area contributed by atoms with Gasteiger partial charge in [0.05, 0.1) is 21.1 Å². The van der Waals surface area contributed by atoms with Crippen LogP contribution >= 0.6 is 15.9 Å². The second-order valence-corrected chi connectivity index (χ2v) is 4.98. The van der Waals surface area contributed by atoms with Crippen molar-refractivity contribution in [1.82, 2.24) is 25.5 Å². The largest absolute Gasteiger partial charge is 0.308 e. The van der Waals surface area contributed by atoms with Gasteiger partial charge in [-0.1, -0.05) is 6.92 Å². The first-order chi connectivity index (χ1) is 9.54. The standard InChI is InChI=1S/C11H13BrN6O2/c1-3-13-7(2)11-14-15-16-17(11)10-5-4-8(18(19)20)6-9(10)12/h4-7,13H,3H2,1-2H3. The smallest absolute Gasteiger partial charge is 0.270 e. The highest BCUT2D eigenvalue weighted by atomic mass is 79.9. The van der Waals surface area contributed by atoms with E-state index in [2.05, 4.69) is 36.8 Å². The predicted molar refractivity (Wildman–Crippen MR) is 75.6 cm³/mol.